The molecular weight excluding hydrogens is 328 g/mol. The minimum Gasteiger partial charge on any atom is -0.454 e. The Morgan fingerprint density at radius 2 is 2.33 bits per heavy atom. The van der Waals surface area contributed by atoms with Crippen LogP contribution < -0.4 is 15.2 Å². The number of nitrogens with zero attached hydrogens (tertiary/aromatic N) is 3. The number of thioether (sulfide) groups is 1. The molecule has 0 saturated heterocycles. The van der Waals surface area contributed by atoms with Crippen LogP contribution in [0.4, 0.5) is 0 Å². The molecule has 3 rings (SSSR count). The average Bonchev–Trinajstić information content (AvgIpc) is 3.16. The molecule has 0 aliphatic carbocycles. The van der Waals surface area contributed by atoms with Crippen LogP contribution in [0.1, 0.15) is 16.3 Å². The standard InChI is InChI=1S/C16H14N4O3S/c1-3-6-24-16(21)15-19-10(2)14(20(15)18-8-17)11-4-5-12-13(7-11)23-9-22-12/h1,4-5,7-8H,6,9H2,2H3,(H2,17,18). The molecule has 8 heteroatoms. The van der Waals surface area contributed by atoms with E-state index in [2.05, 4.69) is 16.0 Å². The topological polar surface area (TPSA) is 91.7 Å². The van der Waals surface area contributed by atoms with E-state index < -0.39 is 0 Å². The van der Waals surface area contributed by atoms with E-state index in [1.54, 1.807) is 13.0 Å². The molecule has 122 valence electrons. The van der Waals surface area contributed by atoms with Crippen LogP contribution in [0.3, 0.4) is 0 Å². The van der Waals surface area contributed by atoms with Crippen molar-refractivity contribution >= 4 is 23.2 Å². The van der Waals surface area contributed by atoms with Crippen LogP contribution in [-0.2, 0) is 0 Å². The molecule has 1 aromatic carbocycles. The smallest absolute Gasteiger partial charge is 0.257 e. The van der Waals surface area contributed by atoms with E-state index >= 15 is 0 Å². The first-order valence-electron chi connectivity index (χ1n) is 7.00. The summed E-state index contributed by atoms with van der Waals surface area (Å²) in [6, 6.07) is 5.47. The van der Waals surface area contributed by atoms with Gasteiger partial charge in [-0.15, -0.1) is 6.42 Å². The number of hydrogen-bond acceptors (Lipinski definition) is 6. The third-order valence-electron chi connectivity index (χ3n) is 3.33. The number of benzene rings is 1. The minimum absolute atomic E-state index is 0.169. The second-order valence-electron chi connectivity index (χ2n) is 4.79. The highest BCUT2D eigenvalue weighted by Crippen LogP contribution is 2.37. The van der Waals surface area contributed by atoms with Gasteiger partial charge in [0, 0.05) is 5.56 Å². The van der Waals surface area contributed by atoms with E-state index in [-0.39, 0.29) is 23.5 Å². The van der Waals surface area contributed by atoms with Crippen LogP contribution in [0, 0.1) is 19.3 Å². The summed E-state index contributed by atoms with van der Waals surface area (Å²) in [5, 5.41) is 3.81. The maximum Gasteiger partial charge on any atom is 0.257 e. The molecule has 0 fully saturated rings. The van der Waals surface area contributed by atoms with Gasteiger partial charge in [-0.3, -0.25) is 4.79 Å². The van der Waals surface area contributed by atoms with Gasteiger partial charge in [0.2, 0.25) is 12.6 Å². The molecule has 0 amide bonds. The maximum atomic E-state index is 12.3. The fourth-order valence-electron chi connectivity index (χ4n) is 2.38. The van der Waals surface area contributed by atoms with E-state index in [0.717, 1.165) is 23.7 Å². The molecule has 2 aromatic rings. The highest BCUT2D eigenvalue weighted by molar-refractivity contribution is 8.14. The lowest BCUT2D eigenvalue weighted by Gasteiger charge is -2.07. The third-order valence-corrected chi connectivity index (χ3v) is 4.08. The number of imidazole rings is 1. The Hall–Kier alpha value is -2.92. The zero-order valence-corrected chi connectivity index (χ0v) is 13.7. The van der Waals surface area contributed by atoms with Crippen LogP contribution in [-0.4, -0.2) is 33.7 Å². The molecule has 2 N–H and O–H groups in total. The summed E-state index contributed by atoms with van der Waals surface area (Å²) in [6.45, 7) is 1.98. The summed E-state index contributed by atoms with van der Waals surface area (Å²) < 4.78 is 12.1. The van der Waals surface area contributed by atoms with E-state index in [1.165, 1.54) is 4.68 Å². The Morgan fingerprint density at radius 1 is 1.54 bits per heavy atom. The molecule has 1 aliphatic heterocycles. The zero-order valence-electron chi connectivity index (χ0n) is 12.9. The SMILES string of the molecule is C#CCSC(=O)c1nc(C)c(-c2ccc3c(c2)OCO3)n1/N=C\N. The largest absolute Gasteiger partial charge is 0.454 e. The predicted octanol–water partition coefficient (Wildman–Crippen LogP) is 1.84. The van der Waals surface area contributed by atoms with Gasteiger partial charge in [-0.05, 0) is 25.1 Å². The molecule has 0 unspecified atom stereocenters. The molecular formula is C16H14N4O3S. The van der Waals surface area contributed by atoms with Crippen molar-refractivity contribution in [2.75, 3.05) is 12.5 Å². The fourth-order valence-corrected chi connectivity index (χ4v) is 2.85. The highest BCUT2D eigenvalue weighted by atomic mass is 32.2. The van der Waals surface area contributed by atoms with E-state index in [9.17, 15) is 4.79 Å². The van der Waals surface area contributed by atoms with Crippen molar-refractivity contribution in [3.05, 3.63) is 29.7 Å². The summed E-state index contributed by atoms with van der Waals surface area (Å²) in [5.74, 6) is 4.14. The lowest BCUT2D eigenvalue weighted by Crippen LogP contribution is -2.07. The first-order chi connectivity index (χ1) is 11.7. The predicted molar refractivity (Wildman–Crippen MR) is 92.2 cm³/mol. The minimum atomic E-state index is -0.270. The summed E-state index contributed by atoms with van der Waals surface area (Å²) >= 11 is 0.989. The van der Waals surface area contributed by atoms with E-state index in [0.29, 0.717) is 22.9 Å². The maximum absolute atomic E-state index is 12.3. The zero-order chi connectivity index (χ0) is 17.1. The lowest BCUT2D eigenvalue weighted by molar-refractivity contribution is 0.107. The Bertz CT molecular complexity index is 867. The Kier molecular flexibility index (Phi) is 4.44. The third kappa shape index (κ3) is 2.81. The van der Waals surface area contributed by atoms with Crippen LogP contribution in [0.2, 0.25) is 0 Å². The van der Waals surface area contributed by atoms with E-state index in [1.807, 2.05) is 12.1 Å². The Balaban J connectivity index is 2.09. The summed E-state index contributed by atoms with van der Waals surface area (Å²) in [6.07, 6.45) is 6.32. The van der Waals surface area contributed by atoms with Crippen molar-refractivity contribution in [1.29, 1.82) is 0 Å². The van der Waals surface area contributed by atoms with Gasteiger partial charge < -0.3 is 15.2 Å². The monoisotopic (exact) mass is 342 g/mol. The number of carbonyl (C=O) groups excluding carboxylic acids is 1. The van der Waals surface area contributed by atoms with Crippen molar-refractivity contribution in [3.8, 4) is 35.1 Å². The van der Waals surface area contributed by atoms with E-state index in [4.69, 9.17) is 21.6 Å². The molecule has 0 atom stereocenters. The van der Waals surface area contributed by atoms with Crippen LogP contribution in [0.25, 0.3) is 11.3 Å². The van der Waals surface area contributed by atoms with Crippen LogP contribution >= 0.6 is 11.8 Å². The Morgan fingerprint density at radius 3 is 3.08 bits per heavy atom. The first-order valence-corrected chi connectivity index (χ1v) is 7.98. The second-order valence-corrected chi connectivity index (χ2v) is 5.74. The number of terminal acetylenes is 1. The molecule has 0 bridgehead atoms. The van der Waals surface area contributed by atoms with Gasteiger partial charge in [0.1, 0.15) is 6.34 Å². The molecule has 0 saturated carbocycles. The van der Waals surface area contributed by atoms with Gasteiger partial charge in [0.15, 0.2) is 11.5 Å². The number of carbonyl (C=O) groups is 1. The van der Waals surface area contributed by atoms with Crippen LogP contribution in [0.15, 0.2) is 23.3 Å². The number of nitrogens with two attached hydrogens (primary N) is 1. The Labute approximate surface area is 142 Å². The van der Waals surface area contributed by atoms with Gasteiger partial charge in [0.25, 0.3) is 5.12 Å². The molecule has 1 aromatic heterocycles. The lowest BCUT2D eigenvalue weighted by atomic mass is 10.1. The normalized spacial score (nSPS) is 12.5. The first kappa shape index (κ1) is 16.0. The summed E-state index contributed by atoms with van der Waals surface area (Å²) in [7, 11) is 0. The number of aromatic nitrogens is 2. The van der Waals surface area contributed by atoms with Crippen molar-refractivity contribution < 1.29 is 14.3 Å². The average molecular weight is 342 g/mol. The number of rotatable bonds is 4. The molecule has 24 heavy (non-hydrogen) atoms. The van der Waals surface area contributed by atoms with Crippen LogP contribution in [0.5, 0.6) is 11.5 Å². The van der Waals surface area contributed by atoms with Gasteiger partial charge in [-0.25, -0.2) is 9.66 Å². The van der Waals surface area contributed by atoms with Gasteiger partial charge in [0.05, 0.1) is 17.1 Å². The summed E-state index contributed by atoms with van der Waals surface area (Å²) in [4.78, 5) is 16.6. The van der Waals surface area contributed by atoms with Gasteiger partial charge in [-0.1, -0.05) is 17.7 Å². The number of hydrogen-bond donors (Lipinski definition) is 1. The number of fused-ring (bicyclic) bond motifs is 1. The molecule has 2 heterocycles. The van der Waals surface area contributed by atoms with Crippen molar-refractivity contribution in [3.63, 3.8) is 0 Å². The molecule has 0 spiro atoms. The van der Waals surface area contributed by atoms with Crippen molar-refractivity contribution in [2.45, 2.75) is 6.92 Å². The van der Waals surface area contributed by atoms with Crippen molar-refractivity contribution in [1.82, 2.24) is 9.66 Å². The fraction of sp³-hybridized carbons (Fsp3) is 0.188. The number of aryl methyl sites for hydroxylation is 1. The summed E-state index contributed by atoms with van der Waals surface area (Å²) in [5.41, 5.74) is 7.52. The van der Waals surface area contributed by atoms with Gasteiger partial charge >= 0.3 is 0 Å². The highest BCUT2D eigenvalue weighted by Gasteiger charge is 2.23. The van der Waals surface area contributed by atoms with Crippen molar-refractivity contribution in [2.24, 2.45) is 10.8 Å². The van der Waals surface area contributed by atoms with Gasteiger partial charge in [-0.2, -0.15) is 5.10 Å². The molecule has 1 aliphatic rings. The quantitative estimate of drug-likeness (QED) is 0.518. The molecule has 7 nitrogen and oxygen atoms in total. The molecule has 0 radical (unpaired) electrons. The second kappa shape index (κ2) is 6.68. The number of ether oxygens (including phenoxy) is 2.